The first-order valence-electron chi connectivity index (χ1n) is 8.79. The molecule has 29 heavy (non-hydrogen) atoms. The quantitative estimate of drug-likeness (QED) is 0.261. The number of carboxylic acid groups (broad SMARTS) is 1. The topological polar surface area (TPSA) is 154 Å². The van der Waals surface area contributed by atoms with E-state index in [1.807, 2.05) is 0 Å². The van der Waals surface area contributed by atoms with Gasteiger partial charge in [0.05, 0.1) is 5.92 Å². The summed E-state index contributed by atoms with van der Waals surface area (Å²) in [5.41, 5.74) is -1.68. The Bertz CT molecular complexity index is 666. The normalized spacial score (nSPS) is 13.2. The van der Waals surface area contributed by atoms with Crippen LogP contribution in [0.1, 0.15) is 54.4 Å². The molecule has 164 valence electrons. The molecule has 1 unspecified atom stereocenters. The molecule has 1 amide bonds. The van der Waals surface area contributed by atoms with Crippen molar-refractivity contribution >= 4 is 18.0 Å². The van der Waals surface area contributed by atoms with Gasteiger partial charge in [0.15, 0.2) is 6.61 Å². The molecular weight excluding hydrogens is 388 g/mol. The maximum absolute atomic E-state index is 12.5. The summed E-state index contributed by atoms with van der Waals surface area (Å²) in [5, 5.41) is 20.8. The zero-order valence-corrected chi connectivity index (χ0v) is 17.4. The van der Waals surface area contributed by atoms with Crippen LogP contribution in [0.2, 0.25) is 0 Å². The molecule has 0 spiro atoms. The third-order valence-corrected chi connectivity index (χ3v) is 2.97. The Morgan fingerprint density at radius 2 is 1.62 bits per heavy atom. The predicted octanol–water partition coefficient (Wildman–Crippen LogP) is 1.91. The van der Waals surface area contributed by atoms with Crippen LogP contribution in [0.5, 0.6) is 0 Å². The minimum Gasteiger partial charge on any atom is -0.481 e. The number of carbonyl (C=O) groups is 3. The van der Waals surface area contributed by atoms with E-state index in [1.165, 1.54) is 0 Å². The van der Waals surface area contributed by atoms with E-state index in [-0.39, 0.29) is 12.8 Å². The summed E-state index contributed by atoms with van der Waals surface area (Å²) in [6.45, 7) is 9.29. The van der Waals surface area contributed by atoms with Crippen molar-refractivity contribution in [2.75, 3.05) is 6.61 Å². The zero-order valence-electron chi connectivity index (χ0n) is 17.4. The molecule has 11 heteroatoms. The number of carbonyl (C=O) groups excluding carboxylic acids is 2. The van der Waals surface area contributed by atoms with Gasteiger partial charge in [-0.05, 0) is 48.0 Å². The minimum absolute atomic E-state index is 0.217. The van der Waals surface area contributed by atoms with Gasteiger partial charge in [-0.25, -0.2) is 9.59 Å². The Morgan fingerprint density at radius 1 is 1.07 bits per heavy atom. The number of nitrogens with zero attached hydrogens (tertiary/aromatic N) is 1. The van der Waals surface area contributed by atoms with Gasteiger partial charge < -0.3 is 24.7 Å². The average Bonchev–Trinajstić information content (AvgIpc) is 2.48. The highest BCUT2D eigenvalue weighted by Gasteiger charge is 2.32. The number of aliphatic carboxylic acids is 1. The highest BCUT2D eigenvalue weighted by molar-refractivity contribution is 5.82. The molecule has 0 radical (unpaired) electrons. The summed E-state index contributed by atoms with van der Waals surface area (Å²) in [6.07, 6.45) is -1.43. The van der Waals surface area contributed by atoms with Crippen LogP contribution in [0.25, 0.3) is 0 Å². The van der Waals surface area contributed by atoms with Crippen LogP contribution in [0.15, 0.2) is 0 Å². The Labute approximate surface area is 169 Å². The number of esters is 1. The zero-order chi connectivity index (χ0) is 22.8. The Hall–Kier alpha value is -3.03. The standard InChI is InChI=1S/C18H28N2O9/c1-17(2,3)28-15(23)13(19-16(24)29-18(4,5)6)11-12(14(21)22)9-7-8-10-27-20(25)26/h12-13H,9-11H2,1-6H3,(H,19,24)(H,21,22)/t12?,13-/m0/s1. The fourth-order valence-electron chi connectivity index (χ4n) is 1.92. The molecule has 0 rings (SSSR count). The monoisotopic (exact) mass is 416 g/mol. The van der Waals surface area contributed by atoms with Crippen molar-refractivity contribution in [3.63, 3.8) is 0 Å². The molecule has 2 atom stereocenters. The molecule has 0 fully saturated rings. The molecule has 0 aliphatic carbocycles. The van der Waals surface area contributed by atoms with Crippen molar-refractivity contribution in [2.24, 2.45) is 5.92 Å². The second-order valence-corrected chi connectivity index (χ2v) is 8.06. The molecule has 0 saturated heterocycles. The maximum Gasteiger partial charge on any atom is 0.408 e. The van der Waals surface area contributed by atoms with E-state index in [1.54, 1.807) is 41.5 Å². The largest absolute Gasteiger partial charge is 0.481 e. The molecule has 0 aliphatic heterocycles. The van der Waals surface area contributed by atoms with Crippen LogP contribution >= 0.6 is 0 Å². The highest BCUT2D eigenvalue weighted by Crippen LogP contribution is 2.17. The lowest BCUT2D eigenvalue weighted by atomic mass is 9.96. The van der Waals surface area contributed by atoms with Crippen LogP contribution in [0.3, 0.4) is 0 Å². The summed E-state index contributed by atoms with van der Waals surface area (Å²) in [6, 6.07) is -1.29. The SMILES string of the molecule is CC(C)(C)OC(=O)N[C@@H](CC(CC#CCO[N+](=O)[O-])C(=O)O)C(=O)OC(C)(C)C. The van der Waals surface area contributed by atoms with Crippen LogP contribution in [-0.4, -0.2) is 52.1 Å². The van der Waals surface area contributed by atoms with Gasteiger partial charge in [-0.15, -0.1) is 16.0 Å². The number of amides is 1. The van der Waals surface area contributed by atoms with E-state index in [4.69, 9.17) is 9.47 Å². The average molecular weight is 416 g/mol. The third-order valence-electron chi connectivity index (χ3n) is 2.97. The van der Waals surface area contributed by atoms with Gasteiger partial charge in [0.25, 0.3) is 5.09 Å². The van der Waals surface area contributed by atoms with E-state index in [0.29, 0.717) is 0 Å². The van der Waals surface area contributed by atoms with Crippen molar-refractivity contribution < 1.29 is 38.9 Å². The van der Waals surface area contributed by atoms with Crippen LogP contribution in [0.4, 0.5) is 4.79 Å². The number of alkyl carbamates (subject to hydrolysis) is 1. The van der Waals surface area contributed by atoms with E-state index in [9.17, 15) is 29.6 Å². The Balaban J connectivity index is 5.28. The number of ether oxygens (including phenoxy) is 2. The molecular formula is C18H28N2O9. The molecule has 0 aliphatic rings. The van der Waals surface area contributed by atoms with Gasteiger partial charge in [-0.2, -0.15) is 0 Å². The maximum atomic E-state index is 12.5. The van der Waals surface area contributed by atoms with E-state index < -0.39 is 52.9 Å². The summed E-state index contributed by atoms with van der Waals surface area (Å²) < 4.78 is 10.4. The first-order chi connectivity index (χ1) is 13.1. The van der Waals surface area contributed by atoms with Crippen LogP contribution in [-0.2, 0) is 23.9 Å². The highest BCUT2D eigenvalue weighted by atomic mass is 16.9. The lowest BCUT2D eigenvalue weighted by Crippen LogP contribution is -2.47. The van der Waals surface area contributed by atoms with Crippen LogP contribution < -0.4 is 5.32 Å². The molecule has 2 N–H and O–H groups in total. The van der Waals surface area contributed by atoms with E-state index in [2.05, 4.69) is 22.0 Å². The van der Waals surface area contributed by atoms with Gasteiger partial charge in [-0.1, -0.05) is 5.92 Å². The molecule has 0 aromatic rings. The number of hydrogen-bond acceptors (Lipinski definition) is 8. The van der Waals surface area contributed by atoms with Gasteiger partial charge in [0.2, 0.25) is 0 Å². The summed E-state index contributed by atoms with van der Waals surface area (Å²) in [7, 11) is 0. The van der Waals surface area contributed by atoms with E-state index in [0.717, 1.165) is 0 Å². The first-order valence-corrected chi connectivity index (χ1v) is 8.79. The van der Waals surface area contributed by atoms with Crippen molar-refractivity contribution in [2.45, 2.75) is 71.6 Å². The molecule has 11 nitrogen and oxygen atoms in total. The Kier molecular flexibility index (Phi) is 9.93. The molecule has 0 bridgehead atoms. The molecule has 0 aromatic carbocycles. The van der Waals surface area contributed by atoms with E-state index >= 15 is 0 Å². The summed E-state index contributed by atoms with van der Waals surface area (Å²) in [4.78, 5) is 50.1. The lowest BCUT2D eigenvalue weighted by molar-refractivity contribution is -0.754. The molecule has 0 aromatic heterocycles. The fourth-order valence-corrected chi connectivity index (χ4v) is 1.92. The van der Waals surface area contributed by atoms with Gasteiger partial charge in [0.1, 0.15) is 17.2 Å². The number of carboxylic acids is 1. The lowest BCUT2D eigenvalue weighted by Gasteiger charge is -2.27. The van der Waals surface area contributed by atoms with Crippen molar-refractivity contribution in [3.8, 4) is 11.8 Å². The smallest absolute Gasteiger partial charge is 0.408 e. The van der Waals surface area contributed by atoms with Crippen molar-refractivity contribution in [3.05, 3.63) is 10.1 Å². The predicted molar refractivity (Wildman–Crippen MR) is 100 cm³/mol. The van der Waals surface area contributed by atoms with Gasteiger partial charge in [0, 0.05) is 6.42 Å². The summed E-state index contributed by atoms with van der Waals surface area (Å²) in [5.74, 6) is 1.54. The van der Waals surface area contributed by atoms with Crippen LogP contribution in [0, 0.1) is 27.9 Å². The van der Waals surface area contributed by atoms with Crippen molar-refractivity contribution in [1.82, 2.24) is 5.32 Å². The minimum atomic E-state index is -1.29. The number of hydrogen-bond donors (Lipinski definition) is 2. The Morgan fingerprint density at radius 3 is 2.07 bits per heavy atom. The molecule has 0 saturated carbocycles. The van der Waals surface area contributed by atoms with Gasteiger partial charge >= 0.3 is 18.0 Å². The summed E-state index contributed by atoms with van der Waals surface area (Å²) >= 11 is 0. The molecule has 0 heterocycles. The number of rotatable bonds is 8. The first kappa shape index (κ1) is 26.0. The fraction of sp³-hybridized carbons (Fsp3) is 0.722. The second kappa shape index (κ2) is 11.1. The second-order valence-electron chi connectivity index (χ2n) is 8.06. The third kappa shape index (κ3) is 13.7. The number of nitrogens with one attached hydrogen (secondary N) is 1. The van der Waals surface area contributed by atoms with Gasteiger partial charge in [-0.3, -0.25) is 4.79 Å². The van der Waals surface area contributed by atoms with Crippen molar-refractivity contribution in [1.29, 1.82) is 0 Å².